The Balaban J connectivity index is 2.83. The van der Waals surface area contributed by atoms with E-state index in [9.17, 15) is 0 Å². The van der Waals surface area contributed by atoms with E-state index in [2.05, 4.69) is 19.9 Å². The molecule has 0 atom stereocenters. The highest BCUT2D eigenvalue weighted by molar-refractivity contribution is 5.38. The molecule has 17 heavy (non-hydrogen) atoms. The van der Waals surface area contributed by atoms with Crippen LogP contribution in [0.3, 0.4) is 0 Å². The summed E-state index contributed by atoms with van der Waals surface area (Å²) >= 11 is 0. The topological polar surface area (TPSA) is 44.5 Å². The van der Waals surface area contributed by atoms with Crippen molar-refractivity contribution in [1.82, 2.24) is 0 Å². The Morgan fingerprint density at radius 2 is 1.88 bits per heavy atom. The SMILES string of the molecule is COCCOc1ccccc1C(C)(C)CCN. The molecular weight excluding hydrogens is 214 g/mol. The third-order valence-corrected chi connectivity index (χ3v) is 2.93. The third-order valence-electron chi connectivity index (χ3n) is 2.93. The van der Waals surface area contributed by atoms with Crippen molar-refractivity contribution < 1.29 is 9.47 Å². The molecule has 0 aromatic heterocycles. The number of ether oxygens (including phenoxy) is 2. The summed E-state index contributed by atoms with van der Waals surface area (Å²) < 4.78 is 10.7. The van der Waals surface area contributed by atoms with Gasteiger partial charge in [0.1, 0.15) is 12.4 Å². The Morgan fingerprint density at radius 3 is 2.53 bits per heavy atom. The van der Waals surface area contributed by atoms with E-state index in [1.54, 1.807) is 7.11 Å². The van der Waals surface area contributed by atoms with Gasteiger partial charge in [-0.25, -0.2) is 0 Å². The van der Waals surface area contributed by atoms with Crippen LogP contribution in [0.4, 0.5) is 0 Å². The molecule has 0 unspecified atom stereocenters. The summed E-state index contributed by atoms with van der Waals surface area (Å²) in [5, 5.41) is 0. The third kappa shape index (κ3) is 4.02. The fourth-order valence-corrected chi connectivity index (χ4v) is 1.88. The highest BCUT2D eigenvalue weighted by Crippen LogP contribution is 2.33. The maximum atomic E-state index is 5.74. The van der Waals surface area contributed by atoms with Crippen molar-refractivity contribution in [3.63, 3.8) is 0 Å². The van der Waals surface area contributed by atoms with E-state index < -0.39 is 0 Å². The molecule has 0 saturated heterocycles. The van der Waals surface area contributed by atoms with E-state index in [-0.39, 0.29) is 5.41 Å². The van der Waals surface area contributed by atoms with Gasteiger partial charge < -0.3 is 15.2 Å². The predicted molar refractivity (Wildman–Crippen MR) is 70.5 cm³/mol. The number of benzene rings is 1. The molecule has 0 heterocycles. The Kier molecular flexibility index (Phi) is 5.45. The molecule has 0 bridgehead atoms. The average Bonchev–Trinajstić information content (AvgIpc) is 2.30. The Labute approximate surface area is 104 Å². The molecule has 0 aliphatic carbocycles. The molecule has 3 heteroatoms. The Hall–Kier alpha value is -1.06. The van der Waals surface area contributed by atoms with Crippen molar-refractivity contribution in [1.29, 1.82) is 0 Å². The first kappa shape index (κ1) is 14.0. The van der Waals surface area contributed by atoms with Gasteiger partial charge in [0.2, 0.25) is 0 Å². The van der Waals surface area contributed by atoms with E-state index >= 15 is 0 Å². The van der Waals surface area contributed by atoms with Crippen molar-refractivity contribution in [2.75, 3.05) is 26.9 Å². The van der Waals surface area contributed by atoms with E-state index in [1.165, 1.54) is 5.56 Å². The lowest BCUT2D eigenvalue weighted by molar-refractivity contribution is 0.145. The van der Waals surface area contributed by atoms with Crippen LogP contribution in [0.15, 0.2) is 24.3 Å². The summed E-state index contributed by atoms with van der Waals surface area (Å²) in [5.74, 6) is 0.933. The molecule has 0 aliphatic heterocycles. The van der Waals surface area contributed by atoms with Crippen LogP contribution in [0.2, 0.25) is 0 Å². The van der Waals surface area contributed by atoms with Gasteiger partial charge in [0, 0.05) is 7.11 Å². The molecule has 0 fully saturated rings. The number of hydrogen-bond acceptors (Lipinski definition) is 3. The van der Waals surface area contributed by atoms with Gasteiger partial charge in [0.05, 0.1) is 6.61 Å². The smallest absolute Gasteiger partial charge is 0.123 e. The van der Waals surface area contributed by atoms with Gasteiger partial charge >= 0.3 is 0 Å². The van der Waals surface area contributed by atoms with E-state index in [1.807, 2.05) is 18.2 Å². The Bertz CT molecular complexity index is 337. The molecule has 0 spiro atoms. The predicted octanol–water partition coefficient (Wildman–Crippen LogP) is 2.34. The summed E-state index contributed by atoms with van der Waals surface area (Å²) in [6.45, 7) is 6.24. The van der Waals surface area contributed by atoms with Gasteiger partial charge in [0.15, 0.2) is 0 Å². The Morgan fingerprint density at radius 1 is 1.18 bits per heavy atom. The second kappa shape index (κ2) is 6.62. The van der Waals surface area contributed by atoms with Gasteiger partial charge in [-0.05, 0) is 30.0 Å². The maximum Gasteiger partial charge on any atom is 0.123 e. The van der Waals surface area contributed by atoms with Crippen LogP contribution in [-0.2, 0) is 10.2 Å². The van der Waals surface area contributed by atoms with Gasteiger partial charge in [-0.2, -0.15) is 0 Å². The van der Waals surface area contributed by atoms with E-state index in [0.29, 0.717) is 19.8 Å². The summed E-state index contributed by atoms with van der Waals surface area (Å²) in [4.78, 5) is 0. The number of para-hydroxylation sites is 1. The minimum atomic E-state index is 0.0401. The molecular formula is C14H23NO2. The highest BCUT2D eigenvalue weighted by atomic mass is 16.5. The second-order valence-electron chi connectivity index (χ2n) is 4.76. The summed E-state index contributed by atoms with van der Waals surface area (Å²) in [5.41, 5.74) is 6.91. The molecule has 2 N–H and O–H groups in total. The van der Waals surface area contributed by atoms with Gasteiger partial charge in [-0.3, -0.25) is 0 Å². The zero-order chi connectivity index (χ0) is 12.7. The molecule has 1 rings (SSSR count). The van der Waals surface area contributed by atoms with Gasteiger partial charge in [-0.15, -0.1) is 0 Å². The highest BCUT2D eigenvalue weighted by Gasteiger charge is 2.23. The van der Waals surface area contributed by atoms with Crippen LogP contribution >= 0.6 is 0 Å². The zero-order valence-corrected chi connectivity index (χ0v) is 11.0. The first-order valence-electron chi connectivity index (χ1n) is 6.03. The fourth-order valence-electron chi connectivity index (χ4n) is 1.88. The molecule has 1 aromatic rings. The van der Waals surface area contributed by atoms with Crippen molar-refractivity contribution in [2.24, 2.45) is 5.73 Å². The molecule has 0 saturated carbocycles. The second-order valence-corrected chi connectivity index (χ2v) is 4.76. The van der Waals surface area contributed by atoms with Crippen LogP contribution in [0.25, 0.3) is 0 Å². The lowest BCUT2D eigenvalue weighted by atomic mass is 9.81. The first-order valence-corrected chi connectivity index (χ1v) is 6.03. The quantitative estimate of drug-likeness (QED) is 0.740. The number of rotatable bonds is 7. The largest absolute Gasteiger partial charge is 0.491 e. The van der Waals surface area contributed by atoms with Crippen molar-refractivity contribution in [3.8, 4) is 5.75 Å². The van der Waals surface area contributed by atoms with E-state index in [4.69, 9.17) is 15.2 Å². The summed E-state index contributed by atoms with van der Waals surface area (Å²) in [6.07, 6.45) is 0.942. The number of nitrogens with two attached hydrogens (primary N) is 1. The van der Waals surface area contributed by atoms with Crippen molar-refractivity contribution in [3.05, 3.63) is 29.8 Å². The average molecular weight is 237 g/mol. The van der Waals surface area contributed by atoms with Crippen LogP contribution in [0, 0.1) is 0 Å². The first-order chi connectivity index (χ1) is 8.11. The molecule has 0 radical (unpaired) electrons. The standard InChI is InChI=1S/C14H23NO2/c1-14(2,8-9-15)12-6-4-5-7-13(12)17-11-10-16-3/h4-7H,8-11,15H2,1-3H3. The minimum Gasteiger partial charge on any atom is -0.491 e. The van der Waals surface area contributed by atoms with Crippen molar-refractivity contribution in [2.45, 2.75) is 25.7 Å². The zero-order valence-electron chi connectivity index (χ0n) is 11.0. The van der Waals surface area contributed by atoms with Crippen LogP contribution in [0.5, 0.6) is 5.75 Å². The molecule has 0 amide bonds. The van der Waals surface area contributed by atoms with Gasteiger partial charge in [0.25, 0.3) is 0 Å². The fraction of sp³-hybridized carbons (Fsp3) is 0.571. The lowest BCUT2D eigenvalue weighted by Crippen LogP contribution is -2.23. The van der Waals surface area contributed by atoms with Crippen LogP contribution < -0.4 is 10.5 Å². The van der Waals surface area contributed by atoms with Gasteiger partial charge in [-0.1, -0.05) is 32.0 Å². The minimum absolute atomic E-state index is 0.0401. The van der Waals surface area contributed by atoms with E-state index in [0.717, 1.165) is 12.2 Å². The molecule has 96 valence electrons. The molecule has 3 nitrogen and oxygen atoms in total. The summed E-state index contributed by atoms with van der Waals surface area (Å²) in [7, 11) is 1.67. The summed E-state index contributed by atoms with van der Waals surface area (Å²) in [6, 6.07) is 8.14. The lowest BCUT2D eigenvalue weighted by Gasteiger charge is -2.27. The normalized spacial score (nSPS) is 11.5. The number of hydrogen-bond donors (Lipinski definition) is 1. The van der Waals surface area contributed by atoms with Crippen LogP contribution in [-0.4, -0.2) is 26.9 Å². The van der Waals surface area contributed by atoms with Crippen molar-refractivity contribution >= 4 is 0 Å². The monoisotopic (exact) mass is 237 g/mol. The molecule has 0 aliphatic rings. The van der Waals surface area contributed by atoms with Crippen LogP contribution in [0.1, 0.15) is 25.8 Å². The molecule has 1 aromatic carbocycles. The number of methoxy groups -OCH3 is 1. The maximum absolute atomic E-state index is 5.74.